The zero-order valence-electron chi connectivity index (χ0n) is 20.5. The molecule has 0 saturated heterocycles. The van der Waals surface area contributed by atoms with Gasteiger partial charge in [0, 0.05) is 37.0 Å². The average molecular weight is 461 g/mol. The van der Waals surface area contributed by atoms with Crippen LogP contribution in [0.3, 0.4) is 0 Å². The molecule has 5 aromatic rings. The summed E-state index contributed by atoms with van der Waals surface area (Å²) in [6.45, 7) is 4.18. The first-order valence-electron chi connectivity index (χ1n) is 11.8. The highest BCUT2D eigenvalue weighted by atomic mass is 15.2. The first kappa shape index (κ1) is 22.5. The van der Waals surface area contributed by atoms with Gasteiger partial charge in [0.25, 0.3) is 0 Å². The molecule has 0 radical (unpaired) electrons. The molecule has 0 unspecified atom stereocenters. The summed E-state index contributed by atoms with van der Waals surface area (Å²) in [4.78, 5) is 21.4. The predicted molar refractivity (Wildman–Crippen MR) is 143 cm³/mol. The summed E-state index contributed by atoms with van der Waals surface area (Å²) >= 11 is 0. The van der Waals surface area contributed by atoms with E-state index in [4.69, 9.17) is 9.98 Å². The zero-order chi connectivity index (χ0) is 24.4. The number of pyridine rings is 2. The Morgan fingerprint density at radius 3 is 2.23 bits per heavy atom. The minimum atomic E-state index is 0.589. The van der Waals surface area contributed by atoms with Crippen LogP contribution in [0.2, 0.25) is 0 Å². The Bertz CT molecular complexity index is 1460. The number of rotatable bonds is 6. The number of imidazole rings is 1. The van der Waals surface area contributed by atoms with E-state index in [1.807, 2.05) is 74.5 Å². The van der Waals surface area contributed by atoms with Crippen LogP contribution in [0.25, 0.3) is 11.0 Å². The summed E-state index contributed by atoms with van der Waals surface area (Å²) in [6.07, 6.45) is 4.64. The van der Waals surface area contributed by atoms with Gasteiger partial charge in [0.05, 0.1) is 29.4 Å². The second kappa shape index (κ2) is 9.50. The third kappa shape index (κ3) is 4.43. The van der Waals surface area contributed by atoms with Gasteiger partial charge in [-0.15, -0.1) is 0 Å². The molecule has 0 aliphatic carbocycles. The van der Waals surface area contributed by atoms with Gasteiger partial charge in [0.2, 0.25) is 0 Å². The average Bonchev–Trinajstić information content (AvgIpc) is 3.28. The molecular weight excluding hydrogens is 432 g/mol. The molecule has 0 N–H and O–H groups in total. The lowest BCUT2D eigenvalue weighted by atomic mass is 10.0. The van der Waals surface area contributed by atoms with Crippen LogP contribution in [0.4, 0.5) is 17.3 Å². The molecule has 2 aromatic carbocycles. The van der Waals surface area contributed by atoms with Crippen LogP contribution in [-0.2, 0) is 13.5 Å². The number of benzene rings is 2. The maximum atomic E-state index is 5.12. The third-order valence-electron chi connectivity index (χ3n) is 6.18. The molecule has 35 heavy (non-hydrogen) atoms. The van der Waals surface area contributed by atoms with Crippen LogP contribution < -0.4 is 4.90 Å². The molecule has 0 aliphatic heterocycles. The first-order chi connectivity index (χ1) is 17.0. The van der Waals surface area contributed by atoms with Gasteiger partial charge in [-0.3, -0.25) is 4.98 Å². The van der Waals surface area contributed by atoms with Crippen molar-refractivity contribution in [2.45, 2.75) is 20.3 Å². The van der Waals surface area contributed by atoms with Gasteiger partial charge in [-0.1, -0.05) is 67.6 Å². The Kier molecular flexibility index (Phi) is 6.10. The van der Waals surface area contributed by atoms with Crippen molar-refractivity contribution in [3.63, 3.8) is 0 Å². The number of fused-ring (bicyclic) bond motifs is 1. The Hall–Kier alpha value is -4.32. The van der Waals surface area contributed by atoms with Gasteiger partial charge in [-0.05, 0) is 25.0 Å². The van der Waals surface area contributed by atoms with Gasteiger partial charge in [-0.25, -0.2) is 15.0 Å². The Balaban J connectivity index is 1.71. The third-order valence-corrected chi connectivity index (χ3v) is 6.18. The fourth-order valence-electron chi connectivity index (χ4n) is 4.26. The highest BCUT2D eigenvalue weighted by Gasteiger charge is 2.17. The minimum absolute atomic E-state index is 0.589. The fourth-order valence-corrected chi connectivity index (χ4v) is 4.26. The topological polar surface area (TPSA) is 59.2 Å². The van der Waals surface area contributed by atoms with Crippen molar-refractivity contribution in [1.82, 2.24) is 19.5 Å². The SMILES string of the molecule is CCc1cc(C)ncc1N(C)c1cc2c(ncn2C)c(N=C(c2ccccc2)c2ccccc2)n1. The number of aryl methyl sites for hydroxylation is 3. The summed E-state index contributed by atoms with van der Waals surface area (Å²) in [6, 6.07) is 24.6. The molecule has 0 atom stereocenters. The van der Waals surface area contributed by atoms with Gasteiger partial charge < -0.3 is 9.47 Å². The number of aromatic nitrogens is 4. The summed E-state index contributed by atoms with van der Waals surface area (Å²) in [5.41, 5.74) is 7.93. The number of nitrogens with zero attached hydrogens (tertiary/aromatic N) is 6. The predicted octanol–water partition coefficient (Wildman–Crippen LogP) is 6.17. The van der Waals surface area contributed by atoms with Crippen molar-refractivity contribution in [2.75, 3.05) is 11.9 Å². The van der Waals surface area contributed by atoms with Gasteiger partial charge in [-0.2, -0.15) is 0 Å². The zero-order valence-corrected chi connectivity index (χ0v) is 20.5. The van der Waals surface area contributed by atoms with Crippen molar-refractivity contribution < 1.29 is 0 Å². The summed E-state index contributed by atoms with van der Waals surface area (Å²) in [7, 11) is 4.02. The highest BCUT2D eigenvalue weighted by molar-refractivity contribution is 6.14. The van der Waals surface area contributed by atoms with Crippen molar-refractivity contribution in [1.29, 1.82) is 0 Å². The molecule has 0 fully saturated rings. The normalized spacial score (nSPS) is 11.0. The summed E-state index contributed by atoms with van der Waals surface area (Å²) in [5, 5.41) is 0. The van der Waals surface area contributed by atoms with E-state index in [1.54, 1.807) is 0 Å². The maximum Gasteiger partial charge on any atom is 0.183 e. The van der Waals surface area contributed by atoms with E-state index in [-0.39, 0.29) is 0 Å². The first-order valence-corrected chi connectivity index (χ1v) is 11.8. The van der Waals surface area contributed by atoms with E-state index in [9.17, 15) is 0 Å². The standard InChI is InChI=1S/C29H28N6/c1-5-21-16-20(2)30-18-25(21)35(4)26-17-24-28(31-19-34(24)3)29(32-26)33-27(22-12-8-6-9-13-22)23-14-10-7-11-15-23/h6-19H,5H2,1-4H3. The van der Waals surface area contributed by atoms with E-state index in [0.29, 0.717) is 5.82 Å². The monoisotopic (exact) mass is 460 g/mol. The van der Waals surface area contributed by atoms with E-state index < -0.39 is 0 Å². The van der Waals surface area contributed by atoms with Gasteiger partial charge in [0.15, 0.2) is 5.82 Å². The lowest BCUT2D eigenvalue weighted by Crippen LogP contribution is -2.14. The van der Waals surface area contributed by atoms with Crippen molar-refractivity contribution in [2.24, 2.45) is 12.0 Å². The van der Waals surface area contributed by atoms with Crippen LogP contribution in [0.1, 0.15) is 29.3 Å². The van der Waals surface area contributed by atoms with Gasteiger partial charge >= 0.3 is 0 Å². The molecular formula is C29H28N6. The number of hydrogen-bond donors (Lipinski definition) is 0. The van der Waals surface area contributed by atoms with Crippen LogP contribution in [0.15, 0.2) is 90.3 Å². The molecule has 0 amide bonds. The van der Waals surface area contributed by atoms with E-state index >= 15 is 0 Å². The van der Waals surface area contributed by atoms with Crippen LogP contribution in [0, 0.1) is 6.92 Å². The number of anilines is 2. The summed E-state index contributed by atoms with van der Waals surface area (Å²) < 4.78 is 2.01. The Labute approximate surface area is 205 Å². The lowest BCUT2D eigenvalue weighted by Gasteiger charge is -2.22. The Morgan fingerprint density at radius 2 is 1.60 bits per heavy atom. The van der Waals surface area contributed by atoms with Gasteiger partial charge in [0.1, 0.15) is 11.3 Å². The highest BCUT2D eigenvalue weighted by Crippen LogP contribution is 2.32. The summed E-state index contributed by atoms with van der Waals surface area (Å²) in [5.74, 6) is 1.38. The number of hydrogen-bond acceptors (Lipinski definition) is 5. The second-order valence-corrected chi connectivity index (χ2v) is 8.59. The molecule has 6 heteroatoms. The van der Waals surface area contributed by atoms with Crippen molar-refractivity contribution >= 4 is 34.1 Å². The van der Waals surface area contributed by atoms with Crippen LogP contribution >= 0.6 is 0 Å². The molecule has 0 saturated carbocycles. The number of aliphatic imine (C=N–C) groups is 1. The molecule has 5 rings (SSSR count). The van der Waals surface area contributed by atoms with E-state index in [2.05, 4.69) is 58.2 Å². The minimum Gasteiger partial charge on any atom is -0.334 e. The molecule has 3 aromatic heterocycles. The molecule has 0 spiro atoms. The molecule has 6 nitrogen and oxygen atoms in total. The molecule has 0 bridgehead atoms. The lowest BCUT2D eigenvalue weighted by molar-refractivity contribution is 0.946. The molecule has 0 aliphatic rings. The maximum absolute atomic E-state index is 5.12. The quantitative estimate of drug-likeness (QED) is 0.284. The van der Waals surface area contributed by atoms with E-state index in [0.717, 1.165) is 51.5 Å². The van der Waals surface area contributed by atoms with Crippen LogP contribution in [0.5, 0.6) is 0 Å². The Morgan fingerprint density at radius 1 is 0.943 bits per heavy atom. The van der Waals surface area contributed by atoms with Crippen molar-refractivity contribution in [3.05, 3.63) is 108 Å². The smallest absolute Gasteiger partial charge is 0.183 e. The molecule has 174 valence electrons. The molecule has 3 heterocycles. The fraction of sp³-hybridized carbons (Fsp3) is 0.172. The largest absolute Gasteiger partial charge is 0.334 e. The second-order valence-electron chi connectivity index (χ2n) is 8.59. The van der Waals surface area contributed by atoms with Crippen molar-refractivity contribution in [3.8, 4) is 0 Å². The van der Waals surface area contributed by atoms with E-state index in [1.165, 1.54) is 5.56 Å². The van der Waals surface area contributed by atoms with Crippen LogP contribution in [-0.4, -0.2) is 32.3 Å².